The number of nitrogens with zero attached hydrogens (tertiary/aromatic N) is 2. The van der Waals surface area contributed by atoms with Gasteiger partial charge in [0.25, 0.3) is 5.91 Å². The molecule has 6 heteroatoms. The van der Waals surface area contributed by atoms with Gasteiger partial charge in [0.1, 0.15) is 5.82 Å². The van der Waals surface area contributed by atoms with Crippen molar-refractivity contribution in [1.29, 1.82) is 5.26 Å². The molecule has 3 unspecified atom stereocenters. The van der Waals surface area contributed by atoms with Crippen LogP contribution in [0.25, 0.3) is 0 Å². The van der Waals surface area contributed by atoms with Crippen LogP contribution >= 0.6 is 0 Å². The summed E-state index contributed by atoms with van der Waals surface area (Å²) in [6.45, 7) is 0.467. The zero-order valence-electron chi connectivity index (χ0n) is 14.5. The first-order chi connectivity index (χ1) is 13.1. The highest BCUT2D eigenvalue weighted by Crippen LogP contribution is 2.48. The molecular formula is C21H17FN2O3. The Morgan fingerprint density at radius 1 is 1.15 bits per heavy atom. The SMILES string of the molecule is N#Cc1ccc(N2CCC(OC(=O)C3CC3c3ccc(F)cc3)C2=O)cc1. The molecule has 2 aliphatic rings. The van der Waals surface area contributed by atoms with Gasteiger partial charge < -0.3 is 9.64 Å². The highest BCUT2D eigenvalue weighted by Gasteiger charge is 2.47. The topological polar surface area (TPSA) is 70.4 Å². The summed E-state index contributed by atoms with van der Waals surface area (Å²) in [7, 11) is 0. The third kappa shape index (κ3) is 3.41. The van der Waals surface area contributed by atoms with E-state index in [4.69, 9.17) is 10.00 Å². The van der Waals surface area contributed by atoms with E-state index in [9.17, 15) is 14.0 Å². The van der Waals surface area contributed by atoms with E-state index in [0.717, 1.165) is 5.56 Å². The van der Waals surface area contributed by atoms with Gasteiger partial charge in [-0.3, -0.25) is 9.59 Å². The number of rotatable bonds is 4. The van der Waals surface area contributed by atoms with Crippen molar-refractivity contribution < 1.29 is 18.7 Å². The molecule has 2 aromatic carbocycles. The molecule has 1 saturated heterocycles. The lowest BCUT2D eigenvalue weighted by atomic mass is 10.1. The van der Waals surface area contributed by atoms with Gasteiger partial charge >= 0.3 is 5.97 Å². The quantitative estimate of drug-likeness (QED) is 0.782. The minimum absolute atomic E-state index is 0.0317. The highest BCUT2D eigenvalue weighted by molar-refractivity contribution is 6.00. The zero-order chi connectivity index (χ0) is 19.0. The van der Waals surface area contributed by atoms with Crippen molar-refractivity contribution in [3.63, 3.8) is 0 Å². The second kappa shape index (κ2) is 6.84. The van der Waals surface area contributed by atoms with Crippen molar-refractivity contribution in [1.82, 2.24) is 0 Å². The summed E-state index contributed by atoms with van der Waals surface area (Å²) in [4.78, 5) is 26.5. The fourth-order valence-electron chi connectivity index (χ4n) is 3.50. The number of anilines is 1. The molecule has 136 valence electrons. The number of carbonyl (C=O) groups is 2. The summed E-state index contributed by atoms with van der Waals surface area (Å²) in [5.74, 6) is -1.16. The Labute approximate surface area is 156 Å². The first kappa shape index (κ1) is 17.2. The maximum atomic E-state index is 13.0. The molecule has 2 fully saturated rings. The summed E-state index contributed by atoms with van der Waals surface area (Å²) < 4.78 is 18.5. The Bertz CT molecular complexity index is 918. The van der Waals surface area contributed by atoms with Gasteiger partial charge in [0.2, 0.25) is 0 Å². The van der Waals surface area contributed by atoms with E-state index in [1.54, 1.807) is 41.3 Å². The first-order valence-electron chi connectivity index (χ1n) is 8.84. The fraction of sp³-hybridized carbons (Fsp3) is 0.286. The Morgan fingerprint density at radius 2 is 1.85 bits per heavy atom. The van der Waals surface area contributed by atoms with E-state index < -0.39 is 6.10 Å². The highest BCUT2D eigenvalue weighted by atomic mass is 19.1. The minimum Gasteiger partial charge on any atom is -0.452 e. The smallest absolute Gasteiger partial charge is 0.310 e. The van der Waals surface area contributed by atoms with Gasteiger partial charge in [0, 0.05) is 18.7 Å². The fourth-order valence-corrected chi connectivity index (χ4v) is 3.50. The number of ether oxygens (including phenoxy) is 1. The molecule has 1 aliphatic heterocycles. The summed E-state index contributed by atoms with van der Waals surface area (Å²) >= 11 is 0. The second-order valence-corrected chi connectivity index (χ2v) is 6.86. The van der Waals surface area contributed by atoms with Gasteiger partial charge in [-0.1, -0.05) is 12.1 Å². The molecule has 0 aromatic heterocycles. The number of nitriles is 1. The van der Waals surface area contributed by atoms with Gasteiger partial charge in [0.05, 0.1) is 17.6 Å². The molecule has 1 amide bonds. The van der Waals surface area contributed by atoms with Gasteiger partial charge in [-0.15, -0.1) is 0 Å². The average Bonchev–Trinajstić information content (AvgIpc) is 3.41. The molecule has 1 aliphatic carbocycles. The number of benzene rings is 2. The van der Waals surface area contributed by atoms with Crippen molar-refractivity contribution in [2.24, 2.45) is 5.92 Å². The van der Waals surface area contributed by atoms with Crippen LogP contribution in [0.4, 0.5) is 10.1 Å². The number of hydrogen-bond acceptors (Lipinski definition) is 4. The monoisotopic (exact) mass is 364 g/mol. The Balaban J connectivity index is 1.36. The van der Waals surface area contributed by atoms with Gasteiger partial charge in [-0.05, 0) is 54.3 Å². The van der Waals surface area contributed by atoms with Crippen molar-refractivity contribution in [3.05, 3.63) is 65.5 Å². The van der Waals surface area contributed by atoms with Crippen molar-refractivity contribution in [3.8, 4) is 6.07 Å². The van der Waals surface area contributed by atoms with Crippen LogP contribution in [0.1, 0.15) is 29.9 Å². The van der Waals surface area contributed by atoms with E-state index >= 15 is 0 Å². The molecule has 3 atom stereocenters. The number of esters is 1. The maximum Gasteiger partial charge on any atom is 0.310 e. The zero-order valence-corrected chi connectivity index (χ0v) is 14.5. The molecule has 27 heavy (non-hydrogen) atoms. The number of hydrogen-bond donors (Lipinski definition) is 0. The molecule has 0 radical (unpaired) electrons. The number of amides is 1. The summed E-state index contributed by atoms with van der Waals surface area (Å²) in [5, 5.41) is 8.86. The van der Waals surface area contributed by atoms with Crippen LogP contribution < -0.4 is 4.90 Å². The first-order valence-corrected chi connectivity index (χ1v) is 8.84. The molecule has 1 heterocycles. The van der Waals surface area contributed by atoms with E-state index in [0.29, 0.717) is 30.6 Å². The van der Waals surface area contributed by atoms with E-state index in [1.807, 2.05) is 6.07 Å². The molecule has 0 spiro atoms. The summed E-state index contributed by atoms with van der Waals surface area (Å²) in [5.41, 5.74) is 2.12. The lowest BCUT2D eigenvalue weighted by Gasteiger charge is -2.17. The Morgan fingerprint density at radius 3 is 2.52 bits per heavy atom. The maximum absolute atomic E-state index is 13.0. The molecule has 0 bridgehead atoms. The van der Waals surface area contributed by atoms with Crippen LogP contribution in [-0.4, -0.2) is 24.5 Å². The largest absolute Gasteiger partial charge is 0.452 e. The van der Waals surface area contributed by atoms with Crippen LogP contribution in [0, 0.1) is 23.1 Å². The Hall–Kier alpha value is -3.20. The number of halogens is 1. The normalized spacial score (nSPS) is 23.8. The van der Waals surface area contributed by atoms with Crippen LogP contribution in [0.5, 0.6) is 0 Å². The number of carbonyl (C=O) groups excluding carboxylic acids is 2. The standard InChI is InChI=1S/C21H17FN2O3/c22-15-5-3-14(4-6-15)17-11-18(17)21(26)27-19-9-10-24(20(19)25)16-7-1-13(12-23)2-8-16/h1-8,17-19H,9-11H2. The summed E-state index contributed by atoms with van der Waals surface area (Å²) in [6.07, 6.45) is 0.325. The molecule has 2 aromatic rings. The lowest BCUT2D eigenvalue weighted by Crippen LogP contribution is -2.32. The molecule has 1 saturated carbocycles. The van der Waals surface area contributed by atoms with E-state index in [2.05, 4.69) is 0 Å². The van der Waals surface area contributed by atoms with Gasteiger partial charge in [-0.2, -0.15) is 5.26 Å². The molecular weight excluding hydrogens is 347 g/mol. The van der Waals surface area contributed by atoms with Crippen LogP contribution in [0.15, 0.2) is 48.5 Å². The third-order valence-corrected chi connectivity index (χ3v) is 5.11. The molecule has 0 N–H and O–H groups in total. The Kier molecular flexibility index (Phi) is 4.36. The predicted octanol–water partition coefficient (Wildman–Crippen LogP) is 3.15. The molecule has 5 nitrogen and oxygen atoms in total. The average molecular weight is 364 g/mol. The minimum atomic E-state index is -0.775. The van der Waals surface area contributed by atoms with Crippen molar-refractivity contribution in [2.45, 2.75) is 24.9 Å². The van der Waals surface area contributed by atoms with Crippen LogP contribution in [0.3, 0.4) is 0 Å². The van der Waals surface area contributed by atoms with Crippen molar-refractivity contribution in [2.75, 3.05) is 11.4 Å². The van der Waals surface area contributed by atoms with Gasteiger partial charge in [0.15, 0.2) is 6.10 Å². The van der Waals surface area contributed by atoms with Crippen LogP contribution in [0.2, 0.25) is 0 Å². The molecule has 4 rings (SSSR count). The van der Waals surface area contributed by atoms with Crippen molar-refractivity contribution >= 4 is 17.6 Å². The van der Waals surface area contributed by atoms with Gasteiger partial charge in [-0.25, -0.2) is 4.39 Å². The van der Waals surface area contributed by atoms with E-state index in [-0.39, 0.29) is 29.5 Å². The third-order valence-electron chi connectivity index (χ3n) is 5.11. The van der Waals surface area contributed by atoms with E-state index in [1.165, 1.54) is 12.1 Å². The second-order valence-electron chi connectivity index (χ2n) is 6.86. The predicted molar refractivity (Wildman–Crippen MR) is 95.3 cm³/mol. The summed E-state index contributed by atoms with van der Waals surface area (Å²) in [6, 6.07) is 14.9. The van der Waals surface area contributed by atoms with Crippen LogP contribution in [-0.2, 0) is 14.3 Å². The lowest BCUT2D eigenvalue weighted by molar-refractivity contribution is -0.154.